The van der Waals surface area contributed by atoms with Crippen LogP contribution in [0.2, 0.25) is 0 Å². The number of carbonyl (C=O) groups is 1. The Bertz CT molecular complexity index is 463. The van der Waals surface area contributed by atoms with Crippen LogP contribution < -0.4 is 11.1 Å². The number of carbonyl (C=O) groups excluding carboxylic acids is 1. The average Bonchev–Trinajstić information content (AvgIpc) is 2.75. The number of nitrogens with zero attached hydrogens (tertiary/aromatic N) is 1. The van der Waals surface area contributed by atoms with Gasteiger partial charge in [-0.3, -0.25) is 4.79 Å². The van der Waals surface area contributed by atoms with Crippen LogP contribution in [0.1, 0.15) is 17.9 Å². The van der Waals surface area contributed by atoms with Crippen molar-refractivity contribution < 1.29 is 4.79 Å². The molecular formula is C14H19N3OS. The lowest BCUT2D eigenvalue weighted by molar-refractivity contribution is -0.121. The molecule has 0 aliphatic carbocycles. The van der Waals surface area contributed by atoms with Crippen LogP contribution in [-0.2, 0) is 4.79 Å². The largest absolute Gasteiger partial charge is 0.392 e. The Morgan fingerprint density at radius 2 is 2.16 bits per heavy atom. The fourth-order valence-electron chi connectivity index (χ4n) is 2.43. The third-order valence-corrected chi connectivity index (χ3v) is 3.65. The molecule has 2 unspecified atom stereocenters. The maximum atomic E-state index is 12.4. The van der Waals surface area contributed by atoms with E-state index in [4.69, 9.17) is 18.0 Å². The van der Waals surface area contributed by atoms with Gasteiger partial charge >= 0.3 is 0 Å². The summed E-state index contributed by atoms with van der Waals surface area (Å²) in [6.45, 7) is 1.89. The molecule has 0 spiro atoms. The first kappa shape index (κ1) is 14.0. The highest BCUT2D eigenvalue weighted by Crippen LogP contribution is 2.17. The highest BCUT2D eigenvalue weighted by molar-refractivity contribution is 7.80. The van der Waals surface area contributed by atoms with Gasteiger partial charge in [0.25, 0.3) is 0 Å². The molecule has 1 saturated heterocycles. The minimum atomic E-state index is -0.540. The summed E-state index contributed by atoms with van der Waals surface area (Å²) >= 11 is 5.05. The minimum Gasteiger partial charge on any atom is -0.392 e. The summed E-state index contributed by atoms with van der Waals surface area (Å²) < 4.78 is 0. The molecule has 102 valence electrons. The molecule has 2 atom stereocenters. The second-order valence-electron chi connectivity index (χ2n) is 5.00. The zero-order valence-corrected chi connectivity index (χ0v) is 11.8. The molecule has 1 heterocycles. The number of hydrogen-bond donors (Lipinski definition) is 2. The van der Waals surface area contributed by atoms with Crippen LogP contribution in [0.25, 0.3) is 0 Å². The molecule has 1 aliphatic rings. The number of nitrogens with two attached hydrogens (primary N) is 1. The number of rotatable bonds is 4. The predicted octanol–water partition coefficient (Wildman–Crippen LogP) is 0.877. The van der Waals surface area contributed by atoms with Crippen LogP contribution >= 0.6 is 12.2 Å². The van der Waals surface area contributed by atoms with Crippen molar-refractivity contribution >= 4 is 23.1 Å². The summed E-state index contributed by atoms with van der Waals surface area (Å²) in [5.41, 5.74) is 6.58. The van der Waals surface area contributed by atoms with E-state index in [0.29, 0.717) is 0 Å². The first-order valence-electron chi connectivity index (χ1n) is 6.41. The number of hydrogen-bond acceptors (Lipinski definition) is 3. The molecule has 1 fully saturated rings. The van der Waals surface area contributed by atoms with Crippen LogP contribution in [0.3, 0.4) is 0 Å². The normalized spacial score (nSPS) is 21.0. The third-order valence-electron chi connectivity index (χ3n) is 3.42. The molecule has 19 heavy (non-hydrogen) atoms. The van der Waals surface area contributed by atoms with Gasteiger partial charge < -0.3 is 16.0 Å². The summed E-state index contributed by atoms with van der Waals surface area (Å²) in [5, 5.41) is 3.04. The van der Waals surface area contributed by atoms with Crippen molar-refractivity contribution in [2.24, 2.45) is 5.73 Å². The zero-order chi connectivity index (χ0) is 13.8. The predicted molar refractivity (Wildman–Crippen MR) is 80.0 cm³/mol. The van der Waals surface area contributed by atoms with Gasteiger partial charge in [-0.15, -0.1) is 0 Å². The zero-order valence-electron chi connectivity index (χ0n) is 11.0. The van der Waals surface area contributed by atoms with Gasteiger partial charge in [0.15, 0.2) is 0 Å². The van der Waals surface area contributed by atoms with Gasteiger partial charge in [-0.2, -0.15) is 0 Å². The fraction of sp³-hybridized carbons (Fsp3) is 0.429. The molecule has 0 radical (unpaired) electrons. The standard InChI is InChI=1S/C14H19N3OS/c1-17-8-7-11(9-17)16-14(18)12(13(15)19)10-5-3-2-4-6-10/h2-6,11-12H,7-9H2,1H3,(H2,15,19)(H,16,18). The van der Waals surface area contributed by atoms with E-state index in [1.807, 2.05) is 30.3 Å². The van der Waals surface area contributed by atoms with Crippen LogP contribution in [0, 0.1) is 0 Å². The Hall–Kier alpha value is -1.46. The van der Waals surface area contributed by atoms with Crippen LogP contribution in [0.5, 0.6) is 0 Å². The van der Waals surface area contributed by atoms with E-state index < -0.39 is 5.92 Å². The lowest BCUT2D eigenvalue weighted by Crippen LogP contribution is -2.42. The maximum Gasteiger partial charge on any atom is 0.234 e. The Balaban J connectivity index is 2.07. The van der Waals surface area contributed by atoms with Gasteiger partial charge in [0, 0.05) is 12.6 Å². The second kappa shape index (κ2) is 6.12. The number of benzene rings is 1. The van der Waals surface area contributed by atoms with E-state index in [0.717, 1.165) is 25.1 Å². The summed E-state index contributed by atoms with van der Waals surface area (Å²) in [5.74, 6) is -0.638. The first-order valence-corrected chi connectivity index (χ1v) is 6.82. The van der Waals surface area contributed by atoms with Gasteiger partial charge in [0.1, 0.15) is 5.92 Å². The van der Waals surface area contributed by atoms with Gasteiger partial charge in [-0.05, 0) is 25.6 Å². The molecule has 1 aromatic rings. The molecule has 3 N–H and O–H groups in total. The second-order valence-corrected chi connectivity index (χ2v) is 5.47. The van der Waals surface area contributed by atoms with Gasteiger partial charge in [-0.1, -0.05) is 42.5 Å². The van der Waals surface area contributed by atoms with Crippen LogP contribution in [0.4, 0.5) is 0 Å². The average molecular weight is 277 g/mol. The summed E-state index contributed by atoms with van der Waals surface area (Å²) in [7, 11) is 2.05. The number of nitrogens with one attached hydrogen (secondary N) is 1. The first-order chi connectivity index (χ1) is 9.08. The number of amides is 1. The third kappa shape index (κ3) is 3.52. The summed E-state index contributed by atoms with van der Waals surface area (Å²) in [6, 6.07) is 9.63. The number of likely N-dealkylation sites (N-methyl/N-ethyl adjacent to an activating group) is 1. The van der Waals surface area contributed by atoms with E-state index in [1.165, 1.54) is 0 Å². The van der Waals surface area contributed by atoms with Gasteiger partial charge in [-0.25, -0.2) is 0 Å². The monoisotopic (exact) mass is 277 g/mol. The smallest absolute Gasteiger partial charge is 0.234 e. The fourth-order valence-corrected chi connectivity index (χ4v) is 2.67. The van der Waals surface area contributed by atoms with Crippen molar-refractivity contribution in [2.45, 2.75) is 18.4 Å². The van der Waals surface area contributed by atoms with E-state index in [1.54, 1.807) is 0 Å². The highest BCUT2D eigenvalue weighted by Gasteiger charge is 2.27. The van der Waals surface area contributed by atoms with Crippen molar-refractivity contribution in [1.82, 2.24) is 10.2 Å². The summed E-state index contributed by atoms with van der Waals surface area (Å²) in [4.78, 5) is 14.8. The van der Waals surface area contributed by atoms with Crippen molar-refractivity contribution in [3.8, 4) is 0 Å². The number of likely N-dealkylation sites (tertiary alicyclic amines) is 1. The quantitative estimate of drug-likeness (QED) is 0.802. The number of thiocarbonyl (C=S) groups is 1. The van der Waals surface area contributed by atoms with Crippen molar-refractivity contribution in [3.63, 3.8) is 0 Å². The van der Waals surface area contributed by atoms with Crippen molar-refractivity contribution in [1.29, 1.82) is 0 Å². The summed E-state index contributed by atoms with van der Waals surface area (Å²) in [6.07, 6.45) is 0.973. The minimum absolute atomic E-state index is 0.0981. The lowest BCUT2D eigenvalue weighted by atomic mass is 9.98. The highest BCUT2D eigenvalue weighted by atomic mass is 32.1. The van der Waals surface area contributed by atoms with E-state index in [9.17, 15) is 4.79 Å². The molecule has 1 amide bonds. The maximum absolute atomic E-state index is 12.4. The molecule has 0 bridgehead atoms. The molecule has 4 nitrogen and oxygen atoms in total. The Morgan fingerprint density at radius 3 is 2.68 bits per heavy atom. The van der Waals surface area contributed by atoms with E-state index in [2.05, 4.69) is 17.3 Å². The van der Waals surface area contributed by atoms with Crippen molar-refractivity contribution in [3.05, 3.63) is 35.9 Å². The Labute approximate surface area is 119 Å². The Morgan fingerprint density at radius 1 is 1.47 bits per heavy atom. The van der Waals surface area contributed by atoms with Crippen molar-refractivity contribution in [2.75, 3.05) is 20.1 Å². The van der Waals surface area contributed by atoms with Gasteiger partial charge in [0.05, 0.1) is 4.99 Å². The molecule has 1 aromatic carbocycles. The molecule has 0 aromatic heterocycles. The topological polar surface area (TPSA) is 58.4 Å². The molecule has 2 rings (SSSR count). The van der Waals surface area contributed by atoms with Gasteiger partial charge in [0.2, 0.25) is 5.91 Å². The molecule has 5 heteroatoms. The van der Waals surface area contributed by atoms with Crippen LogP contribution in [-0.4, -0.2) is 42.0 Å². The van der Waals surface area contributed by atoms with E-state index >= 15 is 0 Å². The van der Waals surface area contributed by atoms with Crippen LogP contribution in [0.15, 0.2) is 30.3 Å². The molecule has 0 saturated carbocycles. The Kier molecular flexibility index (Phi) is 4.50. The SMILES string of the molecule is CN1CCC(NC(=O)C(C(N)=S)c2ccccc2)C1. The molecule has 1 aliphatic heterocycles. The van der Waals surface area contributed by atoms with E-state index in [-0.39, 0.29) is 16.9 Å². The molecular weight excluding hydrogens is 258 g/mol. The lowest BCUT2D eigenvalue weighted by Gasteiger charge is -2.19.